The molecule has 2 unspecified atom stereocenters. The van der Waals surface area contributed by atoms with Gasteiger partial charge in [-0.25, -0.2) is 9.59 Å². The first-order chi connectivity index (χ1) is 43.3. The van der Waals surface area contributed by atoms with Crippen LogP contribution < -0.4 is 25.4 Å². The SMILES string of the molecule is C=CC(=O)OCC(C)(C)C(=O)C(=O)N1CCCCC1C(=O)OC(CCc1ccc(OC)c(OC)c1)c1cccc(NC(=O)CCC(=O)N(C)[C@@H](CC(C)C)C(=O)N[C@H](Cc2ccccc2)C(=O)N(C)[C@H](C(=O)NCC(=O)N(C)CC/C=C\CCOC)[C@@H](C)CC)c1. The molecule has 0 aromatic heterocycles. The number of rotatable bonds is 37. The first-order valence-corrected chi connectivity index (χ1v) is 31.3. The van der Waals surface area contributed by atoms with Crippen LogP contribution in [0.5, 0.6) is 11.5 Å². The van der Waals surface area contributed by atoms with Crippen LogP contribution in [0.1, 0.15) is 129 Å². The summed E-state index contributed by atoms with van der Waals surface area (Å²) < 4.78 is 27.4. The number of likely N-dealkylation sites (N-methyl/N-ethyl adjacent to an activating group) is 3. The Bertz CT molecular complexity index is 2990. The van der Waals surface area contributed by atoms with Gasteiger partial charge in [-0.05, 0) is 118 Å². The summed E-state index contributed by atoms with van der Waals surface area (Å²) in [4.78, 5) is 143. The molecule has 3 aromatic carbocycles. The summed E-state index contributed by atoms with van der Waals surface area (Å²) in [6.45, 7) is 14.3. The number of esters is 2. The van der Waals surface area contributed by atoms with Gasteiger partial charge in [0.25, 0.3) is 5.91 Å². The maximum Gasteiger partial charge on any atom is 0.330 e. The molecule has 1 fully saturated rings. The molecule has 1 aliphatic heterocycles. The molecular formula is C69H97N7O15. The maximum absolute atomic E-state index is 14.8. The molecule has 3 N–H and O–H groups in total. The zero-order chi connectivity index (χ0) is 67.4. The van der Waals surface area contributed by atoms with E-state index in [0.717, 1.165) is 23.6 Å². The fourth-order valence-electron chi connectivity index (χ4n) is 10.5. The van der Waals surface area contributed by atoms with E-state index in [1.54, 1.807) is 44.5 Å². The predicted octanol–water partition coefficient (Wildman–Crippen LogP) is 7.38. The minimum atomic E-state index is -1.41. The van der Waals surface area contributed by atoms with Gasteiger partial charge in [-0.1, -0.05) is 101 Å². The van der Waals surface area contributed by atoms with Crippen molar-refractivity contribution < 1.29 is 71.6 Å². The summed E-state index contributed by atoms with van der Waals surface area (Å²) in [5.41, 5.74) is 0.977. The van der Waals surface area contributed by atoms with Gasteiger partial charge in [-0.2, -0.15) is 0 Å². The number of carbonyl (C=O) groups excluding carboxylic acids is 10. The Morgan fingerprint density at radius 2 is 1.49 bits per heavy atom. The Morgan fingerprint density at radius 3 is 2.15 bits per heavy atom. The average molecular weight is 1260 g/mol. The van der Waals surface area contributed by atoms with E-state index >= 15 is 0 Å². The lowest BCUT2D eigenvalue weighted by Gasteiger charge is -2.36. The highest BCUT2D eigenvalue weighted by Crippen LogP contribution is 2.33. The molecule has 7 amide bonds. The smallest absolute Gasteiger partial charge is 0.330 e. The fraction of sp³-hybridized carbons (Fsp3) is 0.536. The number of benzene rings is 3. The van der Waals surface area contributed by atoms with Gasteiger partial charge >= 0.3 is 11.9 Å². The zero-order valence-electron chi connectivity index (χ0n) is 55.3. The molecule has 0 bridgehead atoms. The Labute approximate surface area is 537 Å². The average Bonchev–Trinajstić information content (AvgIpc) is 2.01. The third-order valence-electron chi connectivity index (χ3n) is 16.2. The van der Waals surface area contributed by atoms with Gasteiger partial charge < -0.3 is 59.2 Å². The van der Waals surface area contributed by atoms with Crippen molar-refractivity contribution in [2.75, 3.05) is 80.6 Å². The van der Waals surface area contributed by atoms with Crippen LogP contribution in [-0.2, 0) is 75.0 Å². The number of anilines is 1. The van der Waals surface area contributed by atoms with Gasteiger partial charge in [-0.15, -0.1) is 0 Å². The molecule has 0 radical (unpaired) electrons. The van der Waals surface area contributed by atoms with E-state index in [2.05, 4.69) is 22.5 Å². The number of hydrogen-bond donors (Lipinski definition) is 3. The van der Waals surface area contributed by atoms with Crippen molar-refractivity contribution in [2.45, 2.75) is 149 Å². The molecule has 91 heavy (non-hydrogen) atoms. The summed E-state index contributed by atoms with van der Waals surface area (Å²) in [6.07, 6.45) is 7.50. The third kappa shape index (κ3) is 23.4. The molecule has 1 heterocycles. The molecule has 0 aliphatic carbocycles. The highest BCUT2D eigenvalue weighted by Gasteiger charge is 2.43. The van der Waals surface area contributed by atoms with E-state index in [1.165, 1.54) is 61.8 Å². The molecule has 1 saturated heterocycles. The number of ether oxygens (including phenoxy) is 5. The lowest BCUT2D eigenvalue weighted by atomic mass is 9.87. The van der Waals surface area contributed by atoms with Crippen molar-refractivity contribution in [3.63, 3.8) is 0 Å². The molecule has 1 aliphatic rings. The largest absolute Gasteiger partial charge is 0.493 e. The molecule has 22 nitrogen and oxygen atoms in total. The monoisotopic (exact) mass is 1260 g/mol. The second-order valence-electron chi connectivity index (χ2n) is 24.1. The quantitative estimate of drug-likeness (QED) is 0.0167. The number of likely N-dealkylation sites (tertiary alicyclic amines) is 1. The highest BCUT2D eigenvalue weighted by molar-refractivity contribution is 6.38. The Morgan fingerprint density at radius 1 is 0.791 bits per heavy atom. The minimum Gasteiger partial charge on any atom is -0.493 e. The van der Waals surface area contributed by atoms with Gasteiger partial charge in [-0.3, -0.25) is 38.4 Å². The number of hydrogen-bond acceptors (Lipinski definition) is 15. The lowest BCUT2D eigenvalue weighted by molar-refractivity contribution is -0.165. The van der Waals surface area contributed by atoms with Crippen molar-refractivity contribution in [1.29, 1.82) is 0 Å². The first-order valence-electron chi connectivity index (χ1n) is 31.3. The minimum absolute atomic E-state index is 0.0580. The molecule has 6 atom stereocenters. The van der Waals surface area contributed by atoms with Crippen molar-refractivity contribution in [2.24, 2.45) is 17.3 Å². The molecule has 498 valence electrons. The molecule has 4 rings (SSSR count). The summed E-state index contributed by atoms with van der Waals surface area (Å²) in [6, 6.07) is 16.8. The molecule has 0 saturated carbocycles. The zero-order valence-corrected chi connectivity index (χ0v) is 55.3. The molecular weight excluding hydrogens is 1170 g/mol. The number of amides is 7. The van der Waals surface area contributed by atoms with Crippen LogP contribution in [0.2, 0.25) is 0 Å². The van der Waals surface area contributed by atoms with Crippen molar-refractivity contribution in [1.82, 2.24) is 30.2 Å². The van der Waals surface area contributed by atoms with Gasteiger partial charge in [0.05, 0.1) is 26.2 Å². The van der Waals surface area contributed by atoms with Crippen LogP contribution in [0.15, 0.2) is 97.6 Å². The van der Waals surface area contributed by atoms with E-state index in [0.29, 0.717) is 68.0 Å². The first kappa shape index (κ1) is 75.1. The summed E-state index contributed by atoms with van der Waals surface area (Å²) in [5.74, 6) is -5.69. The topological polar surface area (TPSA) is 266 Å². The van der Waals surface area contributed by atoms with Crippen LogP contribution in [0.4, 0.5) is 5.69 Å². The lowest BCUT2D eigenvalue weighted by Crippen LogP contribution is -2.59. The van der Waals surface area contributed by atoms with E-state index < -0.39 is 88.9 Å². The van der Waals surface area contributed by atoms with Crippen molar-refractivity contribution in [3.05, 3.63) is 114 Å². The van der Waals surface area contributed by atoms with E-state index in [1.807, 2.05) is 82.3 Å². The van der Waals surface area contributed by atoms with Crippen LogP contribution in [0, 0.1) is 17.3 Å². The summed E-state index contributed by atoms with van der Waals surface area (Å²) in [5, 5.41) is 8.54. The Kier molecular flexibility index (Phi) is 31.1. The Hall–Kier alpha value is -8.40. The highest BCUT2D eigenvalue weighted by atomic mass is 16.5. The second-order valence-corrected chi connectivity index (χ2v) is 24.1. The van der Waals surface area contributed by atoms with E-state index in [-0.39, 0.29) is 76.0 Å². The molecule has 0 spiro atoms. The number of Topliss-reactive ketones (excluding diaryl/α,β-unsaturated/α-hetero) is 1. The van der Waals surface area contributed by atoms with Crippen LogP contribution in [-0.4, -0.2) is 178 Å². The Balaban J connectivity index is 1.52. The van der Waals surface area contributed by atoms with Gasteiger partial charge in [0.1, 0.15) is 36.9 Å². The number of nitrogens with one attached hydrogen (secondary N) is 3. The van der Waals surface area contributed by atoms with Gasteiger partial charge in [0, 0.05) is 79.0 Å². The van der Waals surface area contributed by atoms with Crippen molar-refractivity contribution >= 4 is 64.8 Å². The summed E-state index contributed by atoms with van der Waals surface area (Å²) >= 11 is 0. The third-order valence-corrected chi connectivity index (χ3v) is 16.2. The van der Waals surface area contributed by atoms with E-state index in [4.69, 9.17) is 23.7 Å². The normalized spacial score (nSPS) is 14.8. The number of methoxy groups -OCH3 is 3. The van der Waals surface area contributed by atoms with Gasteiger partial charge in [0.15, 0.2) is 11.5 Å². The second kappa shape index (κ2) is 37.7. The number of ketones is 1. The number of carbonyl (C=O) groups is 10. The van der Waals surface area contributed by atoms with Crippen molar-refractivity contribution in [3.8, 4) is 11.5 Å². The van der Waals surface area contributed by atoms with Crippen LogP contribution >= 0.6 is 0 Å². The maximum atomic E-state index is 14.8. The van der Waals surface area contributed by atoms with Gasteiger partial charge in [0.2, 0.25) is 41.2 Å². The number of nitrogens with zero attached hydrogens (tertiary/aromatic N) is 4. The number of aryl methyl sites for hydroxylation is 1. The van der Waals surface area contributed by atoms with Crippen LogP contribution in [0.3, 0.4) is 0 Å². The summed E-state index contributed by atoms with van der Waals surface area (Å²) in [7, 11) is 9.32. The molecule has 22 heteroatoms. The number of piperidine rings is 1. The van der Waals surface area contributed by atoms with Crippen LogP contribution in [0.25, 0.3) is 0 Å². The fourth-order valence-corrected chi connectivity index (χ4v) is 10.5. The van der Waals surface area contributed by atoms with E-state index in [9.17, 15) is 47.9 Å². The standard InChI is InChI=1S/C69H97N7O15/c1-14-47(5)62(65(83)70-44-60(79)73(8)37-22-16-17-24-39-87-11)75(10)66(84)52(41-48-26-19-18-20-27-48)72-64(82)54(40-46(3)4)74(9)59(78)36-35-58(77)71-51-29-25-28-50(43-51)55(33-31-49-32-34-56(88-12)57(42-49)89-13)91-68(86)53-30-21-23-38-76(53)67(85)63(81)69(6,7)45-90-61(80)15-2/h15-20,25-29,32,34,42-43,46-47,52-55,62H,2,14,21-24,30-31,33,35-41,44-45H2,1,3-13H3,(H,70,83)(H,71,77)(H,72,82)/b17-16-/t47-,52+,53?,54-,55?,62-/m0/s1. The predicted molar refractivity (Wildman–Crippen MR) is 345 cm³/mol. The molecule has 3 aromatic rings.